The number of pyridine rings is 1. The number of hydrogen-bond donors (Lipinski definition) is 3. The first-order valence-corrected chi connectivity index (χ1v) is 13.5. The number of alkyl halides is 3. The Labute approximate surface area is 237 Å². The largest absolute Gasteiger partial charge is 0.444 e. The number of aromatic nitrogens is 3. The van der Waals surface area contributed by atoms with Crippen LogP contribution in [0.2, 0.25) is 0 Å². The summed E-state index contributed by atoms with van der Waals surface area (Å²) in [6, 6.07) is 10.1. The maximum Gasteiger partial charge on any atom is 0.416 e. The standard InChI is InChI=1S/C29H37F4N5O3/c1-5-6-8-22(23(39)17-34-26-10-7-9-25(30)36-26)35-27(40)41-24(28(2,3)4)18-38-16-15-21(37-38)19-11-13-20(14-12-19)29(31,32)33/h7,9-16,22-24,39H,5-6,8,17-18H2,1-4H3,(H,34,36)(H,35,40)/t22-,23-,24+/m0/s1. The molecule has 224 valence electrons. The number of hydrogen-bond acceptors (Lipinski definition) is 6. The zero-order chi connectivity index (χ0) is 30.2. The molecule has 0 radical (unpaired) electrons. The van der Waals surface area contributed by atoms with Gasteiger partial charge in [0.25, 0.3) is 0 Å². The third kappa shape index (κ3) is 9.73. The number of benzene rings is 1. The Balaban J connectivity index is 1.64. The predicted octanol–water partition coefficient (Wildman–Crippen LogP) is 6.28. The smallest absolute Gasteiger partial charge is 0.416 e. The van der Waals surface area contributed by atoms with Gasteiger partial charge in [-0.05, 0) is 36.8 Å². The quantitative estimate of drug-likeness (QED) is 0.173. The van der Waals surface area contributed by atoms with Gasteiger partial charge in [-0.15, -0.1) is 0 Å². The zero-order valence-electron chi connectivity index (χ0n) is 23.6. The molecule has 8 nitrogen and oxygen atoms in total. The lowest BCUT2D eigenvalue weighted by atomic mass is 9.89. The fraction of sp³-hybridized carbons (Fsp3) is 0.483. The number of carbonyl (C=O) groups is 1. The average molecular weight is 580 g/mol. The van der Waals surface area contributed by atoms with Gasteiger partial charge >= 0.3 is 12.3 Å². The second kappa shape index (κ2) is 13.8. The Bertz CT molecular complexity index is 1260. The molecule has 0 bridgehead atoms. The second-order valence-electron chi connectivity index (χ2n) is 10.9. The number of anilines is 1. The van der Waals surface area contributed by atoms with Crippen LogP contribution in [0.4, 0.5) is 28.2 Å². The molecule has 2 heterocycles. The molecule has 0 spiro atoms. The van der Waals surface area contributed by atoms with Gasteiger partial charge in [0.1, 0.15) is 11.9 Å². The highest BCUT2D eigenvalue weighted by molar-refractivity contribution is 5.68. The Hall–Kier alpha value is -3.67. The first-order chi connectivity index (χ1) is 19.3. The van der Waals surface area contributed by atoms with E-state index in [1.165, 1.54) is 24.3 Å². The molecular weight excluding hydrogens is 542 g/mol. The first kappa shape index (κ1) is 31.9. The number of nitrogens with one attached hydrogen (secondary N) is 2. The lowest BCUT2D eigenvalue weighted by molar-refractivity contribution is -0.137. The summed E-state index contributed by atoms with van der Waals surface area (Å²) in [5, 5.41) is 20.9. The summed E-state index contributed by atoms with van der Waals surface area (Å²) in [6.45, 7) is 7.95. The molecule has 0 saturated carbocycles. The molecule has 0 unspecified atom stereocenters. The van der Waals surface area contributed by atoms with Crippen molar-refractivity contribution in [1.29, 1.82) is 0 Å². The molecule has 2 aromatic heterocycles. The van der Waals surface area contributed by atoms with Gasteiger partial charge in [0.2, 0.25) is 5.95 Å². The Morgan fingerprint density at radius 2 is 1.80 bits per heavy atom. The van der Waals surface area contributed by atoms with E-state index in [0.29, 0.717) is 17.7 Å². The van der Waals surface area contributed by atoms with Crippen LogP contribution in [0.15, 0.2) is 54.7 Å². The van der Waals surface area contributed by atoms with Crippen LogP contribution >= 0.6 is 0 Å². The number of halogens is 4. The minimum Gasteiger partial charge on any atom is -0.444 e. The third-order valence-electron chi connectivity index (χ3n) is 6.56. The Morgan fingerprint density at radius 1 is 1.10 bits per heavy atom. The van der Waals surface area contributed by atoms with Gasteiger partial charge < -0.3 is 20.5 Å². The summed E-state index contributed by atoms with van der Waals surface area (Å²) in [5.74, 6) is -0.380. The maximum atomic E-state index is 13.4. The van der Waals surface area contributed by atoms with Gasteiger partial charge in [-0.3, -0.25) is 4.68 Å². The molecule has 1 aromatic carbocycles. The number of amides is 1. The fourth-order valence-electron chi connectivity index (χ4n) is 4.06. The van der Waals surface area contributed by atoms with Gasteiger partial charge in [0, 0.05) is 23.7 Å². The number of aliphatic hydroxyl groups excluding tert-OH is 1. The van der Waals surface area contributed by atoms with Crippen LogP contribution in [-0.4, -0.2) is 50.8 Å². The number of unbranched alkanes of at least 4 members (excludes halogenated alkanes) is 1. The molecule has 12 heteroatoms. The molecule has 3 rings (SSSR count). The molecule has 41 heavy (non-hydrogen) atoms. The highest BCUT2D eigenvalue weighted by Crippen LogP contribution is 2.31. The molecule has 0 aliphatic heterocycles. The molecule has 0 fully saturated rings. The highest BCUT2D eigenvalue weighted by atomic mass is 19.4. The third-order valence-corrected chi connectivity index (χ3v) is 6.56. The Morgan fingerprint density at radius 3 is 2.41 bits per heavy atom. The van der Waals surface area contributed by atoms with Crippen molar-refractivity contribution in [1.82, 2.24) is 20.1 Å². The summed E-state index contributed by atoms with van der Waals surface area (Å²) < 4.78 is 59.4. The van der Waals surface area contributed by atoms with E-state index < -0.39 is 47.4 Å². The minimum atomic E-state index is -4.42. The van der Waals surface area contributed by atoms with Crippen molar-refractivity contribution in [2.45, 2.75) is 77.9 Å². The van der Waals surface area contributed by atoms with Gasteiger partial charge in [0.05, 0.1) is 29.9 Å². The van der Waals surface area contributed by atoms with Gasteiger partial charge in [-0.1, -0.05) is 58.7 Å². The minimum absolute atomic E-state index is 0.0355. The lowest BCUT2D eigenvalue weighted by Gasteiger charge is -2.31. The highest BCUT2D eigenvalue weighted by Gasteiger charge is 2.32. The van der Waals surface area contributed by atoms with Crippen LogP contribution in [0.5, 0.6) is 0 Å². The molecule has 3 aromatic rings. The van der Waals surface area contributed by atoms with E-state index in [1.54, 1.807) is 23.0 Å². The number of ether oxygens (including phenoxy) is 1. The van der Waals surface area contributed by atoms with E-state index in [-0.39, 0.29) is 18.9 Å². The van der Waals surface area contributed by atoms with Crippen molar-refractivity contribution < 1.29 is 32.2 Å². The molecule has 0 saturated heterocycles. The molecule has 3 N–H and O–H groups in total. The first-order valence-electron chi connectivity index (χ1n) is 13.5. The van der Waals surface area contributed by atoms with Gasteiger partial charge in [-0.2, -0.15) is 22.7 Å². The van der Waals surface area contributed by atoms with Crippen LogP contribution in [0.1, 0.15) is 52.5 Å². The van der Waals surface area contributed by atoms with Crippen LogP contribution in [0.25, 0.3) is 11.3 Å². The topological polar surface area (TPSA) is 101 Å². The maximum absolute atomic E-state index is 13.4. The fourth-order valence-corrected chi connectivity index (χ4v) is 4.06. The number of nitrogens with zero attached hydrogens (tertiary/aromatic N) is 3. The summed E-state index contributed by atoms with van der Waals surface area (Å²) in [5.41, 5.74) is -0.215. The van der Waals surface area contributed by atoms with E-state index in [1.807, 2.05) is 27.7 Å². The molecule has 0 aliphatic rings. The van der Waals surface area contributed by atoms with E-state index in [4.69, 9.17) is 4.74 Å². The van der Waals surface area contributed by atoms with Crippen LogP contribution < -0.4 is 10.6 Å². The van der Waals surface area contributed by atoms with E-state index in [2.05, 4.69) is 20.7 Å². The summed E-state index contributed by atoms with van der Waals surface area (Å²) in [6.07, 6.45) is -2.97. The van der Waals surface area contributed by atoms with Crippen molar-refractivity contribution in [3.05, 3.63) is 66.2 Å². The zero-order valence-corrected chi connectivity index (χ0v) is 23.6. The SMILES string of the molecule is CCCC[C@H](NC(=O)O[C@H](Cn1ccc(-c2ccc(C(F)(F)F)cc2)n1)C(C)(C)C)[C@@H](O)CNc1cccc(F)n1. The average Bonchev–Trinajstić information content (AvgIpc) is 3.37. The molecule has 3 atom stereocenters. The van der Waals surface area contributed by atoms with E-state index in [9.17, 15) is 27.5 Å². The lowest BCUT2D eigenvalue weighted by Crippen LogP contribution is -2.48. The van der Waals surface area contributed by atoms with Crippen LogP contribution in [0.3, 0.4) is 0 Å². The second-order valence-corrected chi connectivity index (χ2v) is 10.9. The number of aliphatic hydroxyl groups is 1. The number of carbonyl (C=O) groups excluding carboxylic acids is 1. The van der Waals surface area contributed by atoms with Crippen molar-refractivity contribution in [3.8, 4) is 11.3 Å². The van der Waals surface area contributed by atoms with Crippen LogP contribution in [-0.2, 0) is 17.5 Å². The molecular formula is C29H37F4N5O3. The number of alkyl carbamates (subject to hydrolysis) is 1. The van der Waals surface area contributed by atoms with Crippen molar-refractivity contribution in [3.63, 3.8) is 0 Å². The molecule has 0 aliphatic carbocycles. The van der Waals surface area contributed by atoms with Crippen molar-refractivity contribution in [2.24, 2.45) is 5.41 Å². The summed E-state index contributed by atoms with van der Waals surface area (Å²) >= 11 is 0. The number of rotatable bonds is 12. The predicted molar refractivity (Wildman–Crippen MR) is 148 cm³/mol. The van der Waals surface area contributed by atoms with Gasteiger partial charge in [-0.25, -0.2) is 9.78 Å². The summed E-state index contributed by atoms with van der Waals surface area (Å²) in [7, 11) is 0. The summed E-state index contributed by atoms with van der Waals surface area (Å²) in [4.78, 5) is 16.7. The van der Waals surface area contributed by atoms with Gasteiger partial charge in [0.15, 0.2) is 0 Å². The normalized spacial score (nSPS) is 14.3. The van der Waals surface area contributed by atoms with Crippen LogP contribution in [0, 0.1) is 11.4 Å². The molecule has 1 amide bonds. The van der Waals surface area contributed by atoms with E-state index in [0.717, 1.165) is 25.0 Å². The van der Waals surface area contributed by atoms with Crippen molar-refractivity contribution in [2.75, 3.05) is 11.9 Å². The van der Waals surface area contributed by atoms with Crippen molar-refractivity contribution >= 4 is 11.9 Å². The van der Waals surface area contributed by atoms with E-state index >= 15 is 0 Å². The monoisotopic (exact) mass is 579 g/mol. The Kier molecular flexibility index (Phi) is 10.7.